The minimum Gasteiger partial charge on any atom is -0.481 e. The van der Waals surface area contributed by atoms with Gasteiger partial charge in [-0.25, -0.2) is 0 Å². The van der Waals surface area contributed by atoms with Crippen molar-refractivity contribution in [3.63, 3.8) is 0 Å². The molecule has 0 bridgehead atoms. The Balaban J connectivity index is 2.04. The number of aliphatic carboxylic acids is 1. The van der Waals surface area contributed by atoms with Gasteiger partial charge in [-0.15, -0.1) is 0 Å². The Morgan fingerprint density at radius 1 is 1.38 bits per heavy atom. The van der Waals surface area contributed by atoms with Gasteiger partial charge >= 0.3 is 5.97 Å². The van der Waals surface area contributed by atoms with Crippen molar-refractivity contribution in [3.05, 3.63) is 29.3 Å². The molecule has 1 aromatic carbocycles. The molecule has 1 amide bonds. The smallest absolute Gasteiger partial charge is 0.303 e. The average molecular weight is 290 g/mol. The van der Waals surface area contributed by atoms with Crippen molar-refractivity contribution >= 4 is 17.6 Å². The summed E-state index contributed by atoms with van der Waals surface area (Å²) in [4.78, 5) is 23.0. The second-order valence-corrected chi connectivity index (χ2v) is 6.13. The van der Waals surface area contributed by atoms with Crippen LogP contribution >= 0.6 is 0 Å². The summed E-state index contributed by atoms with van der Waals surface area (Å²) in [7, 11) is 0. The molecule has 0 spiro atoms. The Hall–Kier alpha value is -2.04. The number of amides is 1. The minimum absolute atomic E-state index is 0.0430. The number of anilines is 1. The number of rotatable bonds is 5. The summed E-state index contributed by atoms with van der Waals surface area (Å²) < 4.78 is 0. The number of fused-ring (bicyclic) bond motifs is 1. The van der Waals surface area contributed by atoms with Gasteiger partial charge in [0.1, 0.15) is 0 Å². The molecule has 0 atom stereocenters. The molecule has 1 heterocycles. The molecule has 3 N–H and O–H groups in total. The number of hydrogen-bond acceptors (Lipinski definition) is 3. The third kappa shape index (κ3) is 4.21. The molecule has 5 heteroatoms. The Morgan fingerprint density at radius 2 is 2.14 bits per heavy atom. The van der Waals surface area contributed by atoms with Crippen molar-refractivity contribution in [2.45, 2.75) is 45.1 Å². The number of carboxylic acids is 1. The summed E-state index contributed by atoms with van der Waals surface area (Å²) in [5.74, 6) is -1.00. The van der Waals surface area contributed by atoms with Gasteiger partial charge in [0.05, 0.1) is 0 Å². The van der Waals surface area contributed by atoms with E-state index in [1.54, 1.807) is 6.07 Å². The largest absolute Gasteiger partial charge is 0.481 e. The maximum absolute atomic E-state index is 12.3. The Kier molecular flexibility index (Phi) is 4.50. The van der Waals surface area contributed by atoms with Crippen LogP contribution in [0.3, 0.4) is 0 Å². The van der Waals surface area contributed by atoms with E-state index in [1.807, 2.05) is 26.0 Å². The van der Waals surface area contributed by atoms with E-state index in [4.69, 9.17) is 5.11 Å². The van der Waals surface area contributed by atoms with Gasteiger partial charge in [0.2, 0.25) is 0 Å². The highest BCUT2D eigenvalue weighted by Gasteiger charge is 2.22. The summed E-state index contributed by atoms with van der Waals surface area (Å²) in [5, 5.41) is 15.0. The maximum Gasteiger partial charge on any atom is 0.303 e. The molecule has 0 saturated heterocycles. The number of carbonyl (C=O) groups is 2. The fourth-order valence-electron chi connectivity index (χ4n) is 2.48. The Bertz CT molecular complexity index is 552. The van der Waals surface area contributed by atoms with Crippen LogP contribution in [0.15, 0.2) is 18.2 Å². The molecule has 0 unspecified atom stereocenters. The Morgan fingerprint density at radius 3 is 2.86 bits per heavy atom. The van der Waals surface area contributed by atoms with Gasteiger partial charge in [-0.1, -0.05) is 0 Å². The summed E-state index contributed by atoms with van der Waals surface area (Å²) in [6, 6.07) is 5.66. The van der Waals surface area contributed by atoms with Gasteiger partial charge in [-0.3, -0.25) is 9.59 Å². The summed E-state index contributed by atoms with van der Waals surface area (Å²) in [5.41, 5.74) is 2.35. The first-order valence-electron chi connectivity index (χ1n) is 7.28. The van der Waals surface area contributed by atoms with Crippen molar-refractivity contribution < 1.29 is 14.7 Å². The first kappa shape index (κ1) is 15.4. The molecule has 114 valence electrons. The first-order valence-corrected chi connectivity index (χ1v) is 7.28. The minimum atomic E-state index is -0.850. The van der Waals surface area contributed by atoms with Crippen LogP contribution < -0.4 is 10.6 Å². The second kappa shape index (κ2) is 6.16. The standard InChI is InChI=1S/C16H22N2O3/c1-16(2,8-7-14(19)20)18-15(21)12-5-6-13-11(10-12)4-3-9-17-13/h5-6,10,17H,3-4,7-9H2,1-2H3,(H,18,21)(H,19,20). The lowest BCUT2D eigenvalue weighted by Gasteiger charge is -2.26. The first-order chi connectivity index (χ1) is 9.87. The highest BCUT2D eigenvalue weighted by atomic mass is 16.4. The fraction of sp³-hybridized carbons (Fsp3) is 0.500. The number of aryl methyl sites for hydroxylation is 1. The lowest BCUT2D eigenvalue weighted by atomic mass is 9.96. The third-order valence-electron chi connectivity index (χ3n) is 3.72. The van der Waals surface area contributed by atoms with Gasteiger partial charge in [0, 0.05) is 29.8 Å². The quantitative estimate of drug-likeness (QED) is 0.778. The molecule has 1 aliphatic rings. The highest BCUT2D eigenvalue weighted by Crippen LogP contribution is 2.23. The number of carboxylic acid groups (broad SMARTS) is 1. The zero-order valence-electron chi connectivity index (χ0n) is 12.5. The molecule has 0 aromatic heterocycles. The number of carbonyl (C=O) groups excluding carboxylic acids is 1. The zero-order valence-corrected chi connectivity index (χ0v) is 12.5. The van der Waals surface area contributed by atoms with E-state index >= 15 is 0 Å². The van der Waals surface area contributed by atoms with Crippen LogP contribution in [-0.2, 0) is 11.2 Å². The van der Waals surface area contributed by atoms with Crippen LogP contribution in [0.4, 0.5) is 5.69 Å². The zero-order chi connectivity index (χ0) is 15.5. The van der Waals surface area contributed by atoms with Crippen LogP contribution in [-0.4, -0.2) is 29.1 Å². The lowest BCUT2D eigenvalue weighted by Crippen LogP contribution is -2.43. The summed E-state index contributed by atoms with van der Waals surface area (Å²) in [6.07, 6.45) is 2.50. The van der Waals surface area contributed by atoms with Crippen LogP contribution in [0.5, 0.6) is 0 Å². The SMILES string of the molecule is CC(C)(CCC(=O)O)NC(=O)c1ccc2c(c1)CCCN2. The van der Waals surface area contributed by atoms with Gasteiger partial charge in [-0.2, -0.15) is 0 Å². The molecular weight excluding hydrogens is 268 g/mol. The summed E-state index contributed by atoms with van der Waals surface area (Å²) >= 11 is 0. The molecule has 0 fully saturated rings. The molecule has 1 aromatic rings. The highest BCUT2D eigenvalue weighted by molar-refractivity contribution is 5.95. The Labute approximate surface area is 124 Å². The van der Waals surface area contributed by atoms with Crippen LogP contribution in [0.1, 0.15) is 49.0 Å². The van der Waals surface area contributed by atoms with Crippen molar-refractivity contribution in [3.8, 4) is 0 Å². The van der Waals surface area contributed by atoms with Gasteiger partial charge in [0.15, 0.2) is 0 Å². The van der Waals surface area contributed by atoms with E-state index in [-0.39, 0.29) is 12.3 Å². The van der Waals surface area contributed by atoms with Crippen LogP contribution in [0, 0.1) is 0 Å². The molecule has 0 aliphatic carbocycles. The summed E-state index contributed by atoms with van der Waals surface area (Å²) in [6.45, 7) is 4.66. The van der Waals surface area contributed by atoms with Gasteiger partial charge < -0.3 is 15.7 Å². The third-order valence-corrected chi connectivity index (χ3v) is 3.72. The maximum atomic E-state index is 12.3. The van der Waals surface area contributed by atoms with Crippen molar-refractivity contribution in [2.24, 2.45) is 0 Å². The number of nitrogens with one attached hydrogen (secondary N) is 2. The molecule has 0 radical (unpaired) electrons. The van der Waals surface area contributed by atoms with Crippen molar-refractivity contribution in [1.82, 2.24) is 5.32 Å². The average Bonchev–Trinajstić information content (AvgIpc) is 2.44. The van der Waals surface area contributed by atoms with E-state index < -0.39 is 11.5 Å². The van der Waals surface area contributed by atoms with E-state index in [1.165, 1.54) is 0 Å². The van der Waals surface area contributed by atoms with Crippen molar-refractivity contribution in [2.75, 3.05) is 11.9 Å². The van der Waals surface area contributed by atoms with Crippen molar-refractivity contribution in [1.29, 1.82) is 0 Å². The van der Waals surface area contributed by atoms with Crippen LogP contribution in [0.25, 0.3) is 0 Å². The van der Waals surface area contributed by atoms with E-state index in [2.05, 4.69) is 10.6 Å². The van der Waals surface area contributed by atoms with E-state index in [9.17, 15) is 9.59 Å². The molecule has 2 rings (SSSR count). The molecule has 0 saturated carbocycles. The molecule has 21 heavy (non-hydrogen) atoms. The molecule has 5 nitrogen and oxygen atoms in total. The van der Waals surface area contributed by atoms with E-state index in [0.717, 1.165) is 30.6 Å². The fourth-order valence-corrected chi connectivity index (χ4v) is 2.48. The van der Waals surface area contributed by atoms with Crippen LogP contribution in [0.2, 0.25) is 0 Å². The normalized spacial score (nSPS) is 14.0. The second-order valence-electron chi connectivity index (χ2n) is 6.13. The number of hydrogen-bond donors (Lipinski definition) is 3. The predicted octanol–water partition coefficient (Wildman–Crippen LogP) is 2.42. The van der Waals surface area contributed by atoms with E-state index in [0.29, 0.717) is 12.0 Å². The molecule has 1 aliphatic heterocycles. The monoisotopic (exact) mass is 290 g/mol. The lowest BCUT2D eigenvalue weighted by molar-refractivity contribution is -0.137. The molecular formula is C16H22N2O3. The van der Waals surface area contributed by atoms with Gasteiger partial charge in [-0.05, 0) is 56.9 Å². The topological polar surface area (TPSA) is 78.4 Å². The number of benzene rings is 1. The van der Waals surface area contributed by atoms with Gasteiger partial charge in [0.25, 0.3) is 5.91 Å². The predicted molar refractivity (Wildman–Crippen MR) is 81.7 cm³/mol.